The van der Waals surface area contributed by atoms with E-state index in [1.807, 2.05) is 24.3 Å². The minimum absolute atomic E-state index is 0.0159. The largest absolute Gasteiger partial charge is 0.497 e. The summed E-state index contributed by atoms with van der Waals surface area (Å²) in [5.41, 5.74) is 2.05. The van der Waals surface area contributed by atoms with E-state index in [1.165, 1.54) is 5.56 Å². The van der Waals surface area contributed by atoms with Crippen molar-refractivity contribution in [3.8, 4) is 17.1 Å². The van der Waals surface area contributed by atoms with Crippen molar-refractivity contribution in [3.63, 3.8) is 0 Å². The van der Waals surface area contributed by atoms with Gasteiger partial charge in [0.2, 0.25) is 5.82 Å². The van der Waals surface area contributed by atoms with Gasteiger partial charge in [0.25, 0.3) is 0 Å². The minimum atomic E-state index is 0.0159. The summed E-state index contributed by atoms with van der Waals surface area (Å²) >= 11 is 1.67. The Labute approximate surface area is 150 Å². The van der Waals surface area contributed by atoms with Crippen molar-refractivity contribution in [3.05, 3.63) is 46.7 Å². The molecule has 0 amide bonds. The monoisotopic (exact) mass is 357 g/mol. The summed E-state index contributed by atoms with van der Waals surface area (Å²) in [7, 11) is 1.64. The first-order valence-corrected chi connectivity index (χ1v) is 9.08. The fourth-order valence-electron chi connectivity index (χ4n) is 2.97. The molecule has 25 heavy (non-hydrogen) atoms. The first-order chi connectivity index (χ1) is 12.2. The standard InChI is InChI=1S/C18H19N3O3S/c1-12-9-21(10-16(23-12)14-6-7-25-11-14)18-19-17(20-24-18)13-4-3-5-15(8-13)22-2/h3-8,11-12,16H,9-10H2,1-2H3. The number of rotatable bonds is 4. The molecule has 2 aromatic heterocycles. The van der Waals surface area contributed by atoms with Crippen molar-refractivity contribution < 1.29 is 14.0 Å². The van der Waals surface area contributed by atoms with Crippen LogP contribution < -0.4 is 9.64 Å². The van der Waals surface area contributed by atoms with Crippen LogP contribution in [0, 0.1) is 0 Å². The molecule has 0 bridgehead atoms. The van der Waals surface area contributed by atoms with Crippen LogP contribution in [0.2, 0.25) is 0 Å². The molecular formula is C18H19N3O3S. The Morgan fingerprint density at radius 1 is 1.28 bits per heavy atom. The van der Waals surface area contributed by atoms with Crippen LogP contribution in [0.4, 0.5) is 6.01 Å². The molecule has 1 aromatic carbocycles. The molecule has 1 aliphatic heterocycles. The maximum atomic E-state index is 6.06. The first kappa shape index (κ1) is 16.1. The first-order valence-electron chi connectivity index (χ1n) is 8.13. The predicted molar refractivity (Wildman–Crippen MR) is 96.1 cm³/mol. The van der Waals surface area contributed by atoms with Gasteiger partial charge in [0, 0.05) is 12.1 Å². The van der Waals surface area contributed by atoms with Crippen LogP contribution in [0.3, 0.4) is 0 Å². The lowest BCUT2D eigenvalue weighted by atomic mass is 10.1. The van der Waals surface area contributed by atoms with Crippen molar-refractivity contribution in [2.45, 2.75) is 19.1 Å². The molecule has 6 nitrogen and oxygen atoms in total. The molecule has 0 saturated carbocycles. The topological polar surface area (TPSA) is 60.6 Å². The molecule has 0 N–H and O–H groups in total. The Morgan fingerprint density at radius 2 is 2.20 bits per heavy atom. The third-order valence-corrected chi connectivity index (χ3v) is 4.89. The number of hydrogen-bond acceptors (Lipinski definition) is 7. The molecule has 2 atom stereocenters. The van der Waals surface area contributed by atoms with E-state index in [1.54, 1.807) is 18.4 Å². The third-order valence-electron chi connectivity index (χ3n) is 4.19. The van der Waals surface area contributed by atoms with E-state index in [4.69, 9.17) is 14.0 Å². The lowest BCUT2D eigenvalue weighted by Gasteiger charge is -2.35. The Kier molecular flexibility index (Phi) is 4.42. The van der Waals surface area contributed by atoms with E-state index < -0.39 is 0 Å². The highest BCUT2D eigenvalue weighted by Gasteiger charge is 2.29. The zero-order valence-electron chi connectivity index (χ0n) is 14.1. The molecule has 130 valence electrons. The zero-order valence-corrected chi connectivity index (χ0v) is 14.9. The second-order valence-electron chi connectivity index (χ2n) is 6.03. The Morgan fingerprint density at radius 3 is 3.00 bits per heavy atom. The average Bonchev–Trinajstić information content (AvgIpc) is 3.33. The van der Waals surface area contributed by atoms with E-state index in [0.717, 1.165) is 17.9 Å². The van der Waals surface area contributed by atoms with Gasteiger partial charge in [-0.05, 0) is 41.4 Å². The van der Waals surface area contributed by atoms with E-state index >= 15 is 0 Å². The Hall–Kier alpha value is -2.38. The van der Waals surface area contributed by atoms with Crippen LogP contribution in [0.5, 0.6) is 5.75 Å². The molecule has 1 aliphatic rings. The van der Waals surface area contributed by atoms with Gasteiger partial charge in [-0.1, -0.05) is 17.3 Å². The Balaban J connectivity index is 1.56. The van der Waals surface area contributed by atoms with Gasteiger partial charge in [-0.3, -0.25) is 0 Å². The highest BCUT2D eigenvalue weighted by Crippen LogP contribution is 2.30. The van der Waals surface area contributed by atoms with Gasteiger partial charge >= 0.3 is 6.01 Å². The van der Waals surface area contributed by atoms with Crippen LogP contribution in [0.25, 0.3) is 11.4 Å². The summed E-state index contributed by atoms with van der Waals surface area (Å²) in [6, 6.07) is 10.2. The maximum absolute atomic E-state index is 6.06. The van der Waals surface area contributed by atoms with E-state index in [0.29, 0.717) is 18.4 Å². The molecule has 0 aliphatic carbocycles. The highest BCUT2D eigenvalue weighted by atomic mass is 32.1. The van der Waals surface area contributed by atoms with Crippen LogP contribution in [0.1, 0.15) is 18.6 Å². The average molecular weight is 357 g/mol. The highest BCUT2D eigenvalue weighted by molar-refractivity contribution is 7.07. The summed E-state index contributed by atoms with van der Waals surface area (Å²) in [5.74, 6) is 1.32. The molecule has 1 fully saturated rings. The van der Waals surface area contributed by atoms with Gasteiger partial charge in [-0.25, -0.2) is 0 Å². The van der Waals surface area contributed by atoms with Gasteiger partial charge in [0.05, 0.1) is 19.8 Å². The van der Waals surface area contributed by atoms with Crippen LogP contribution in [0.15, 0.2) is 45.6 Å². The third kappa shape index (κ3) is 3.38. The van der Waals surface area contributed by atoms with Gasteiger partial charge in [-0.15, -0.1) is 0 Å². The quantitative estimate of drug-likeness (QED) is 0.708. The molecule has 1 saturated heterocycles. The number of ether oxygens (including phenoxy) is 2. The predicted octanol–water partition coefficient (Wildman–Crippen LogP) is 3.77. The summed E-state index contributed by atoms with van der Waals surface area (Å²) < 4.78 is 16.8. The number of aromatic nitrogens is 2. The van der Waals surface area contributed by atoms with Gasteiger partial charge in [0.1, 0.15) is 11.9 Å². The second-order valence-corrected chi connectivity index (χ2v) is 6.81. The summed E-state index contributed by atoms with van der Waals surface area (Å²) in [6.07, 6.45) is 0.105. The lowest BCUT2D eigenvalue weighted by Crippen LogP contribution is -2.43. The van der Waals surface area contributed by atoms with Crippen molar-refractivity contribution in [2.24, 2.45) is 0 Å². The van der Waals surface area contributed by atoms with E-state index in [2.05, 4.69) is 38.8 Å². The maximum Gasteiger partial charge on any atom is 0.324 e. The number of morpholine rings is 1. The van der Waals surface area contributed by atoms with Gasteiger partial charge < -0.3 is 18.9 Å². The fraction of sp³-hybridized carbons (Fsp3) is 0.333. The minimum Gasteiger partial charge on any atom is -0.497 e. The number of hydrogen-bond donors (Lipinski definition) is 0. The lowest BCUT2D eigenvalue weighted by molar-refractivity contribution is -0.0188. The normalized spacial score (nSPS) is 20.6. The number of benzene rings is 1. The summed E-state index contributed by atoms with van der Waals surface area (Å²) in [4.78, 5) is 6.66. The molecule has 3 aromatic rings. The second kappa shape index (κ2) is 6.85. The van der Waals surface area contributed by atoms with Gasteiger partial charge in [-0.2, -0.15) is 16.3 Å². The fourth-order valence-corrected chi connectivity index (χ4v) is 3.68. The number of nitrogens with zero attached hydrogens (tertiary/aromatic N) is 3. The summed E-state index contributed by atoms with van der Waals surface area (Å²) in [5, 5.41) is 8.31. The molecule has 4 rings (SSSR count). The van der Waals surface area contributed by atoms with Crippen LogP contribution in [-0.4, -0.2) is 36.4 Å². The number of methoxy groups -OCH3 is 1. The van der Waals surface area contributed by atoms with Crippen LogP contribution >= 0.6 is 11.3 Å². The van der Waals surface area contributed by atoms with Crippen molar-refractivity contribution in [1.82, 2.24) is 10.1 Å². The van der Waals surface area contributed by atoms with E-state index in [9.17, 15) is 0 Å². The number of thiophene rings is 1. The molecule has 2 unspecified atom stereocenters. The molecule has 3 heterocycles. The van der Waals surface area contributed by atoms with E-state index in [-0.39, 0.29) is 12.2 Å². The Bertz CT molecular complexity index is 834. The van der Waals surface area contributed by atoms with Crippen molar-refractivity contribution in [2.75, 3.05) is 25.1 Å². The van der Waals surface area contributed by atoms with Crippen molar-refractivity contribution >= 4 is 17.4 Å². The number of anilines is 1. The van der Waals surface area contributed by atoms with Crippen molar-refractivity contribution in [1.29, 1.82) is 0 Å². The zero-order chi connectivity index (χ0) is 17.2. The molecule has 0 spiro atoms. The molecular weight excluding hydrogens is 338 g/mol. The molecule has 0 radical (unpaired) electrons. The smallest absolute Gasteiger partial charge is 0.324 e. The summed E-state index contributed by atoms with van der Waals surface area (Å²) in [6.45, 7) is 3.48. The van der Waals surface area contributed by atoms with Gasteiger partial charge in [0.15, 0.2) is 0 Å². The SMILES string of the molecule is COc1cccc(-c2noc(N3CC(C)OC(c4ccsc4)C3)n2)c1. The van der Waals surface area contributed by atoms with Crippen LogP contribution in [-0.2, 0) is 4.74 Å². The molecule has 7 heteroatoms.